The number of likely N-dealkylation sites (N-methyl/N-ethyl adjacent to an activating group) is 1. The number of nitrogens with zero attached hydrogens (tertiary/aromatic N) is 2. The van der Waals surface area contributed by atoms with E-state index in [-0.39, 0.29) is 12.5 Å². The fraction of sp³-hybridized carbons (Fsp3) is 0.250. The van der Waals surface area contributed by atoms with Gasteiger partial charge in [-0.1, -0.05) is 18.2 Å². The first kappa shape index (κ1) is 12.1. The van der Waals surface area contributed by atoms with Crippen LogP contribution >= 0.6 is 0 Å². The fourth-order valence-corrected chi connectivity index (χ4v) is 1.64. The van der Waals surface area contributed by atoms with E-state index in [0.29, 0.717) is 5.69 Å². The van der Waals surface area contributed by atoms with Gasteiger partial charge in [-0.2, -0.15) is 5.10 Å². The summed E-state index contributed by atoms with van der Waals surface area (Å²) in [5.41, 5.74) is 1.09. The van der Waals surface area contributed by atoms with Crippen LogP contribution in [-0.4, -0.2) is 47.7 Å². The van der Waals surface area contributed by atoms with Gasteiger partial charge in [0, 0.05) is 12.4 Å². The van der Waals surface area contributed by atoms with Crippen molar-refractivity contribution in [3.05, 3.63) is 30.0 Å². The molecular weight excluding hydrogens is 234 g/mol. The SMILES string of the molecule is COC(=O)CN(C)C(=O)c1n[nH]c2ccccc12. The zero-order valence-corrected chi connectivity index (χ0v) is 10.1. The highest BCUT2D eigenvalue weighted by molar-refractivity contribution is 6.05. The maximum absolute atomic E-state index is 12.1. The molecule has 1 aromatic carbocycles. The Bertz CT molecular complexity index is 591. The zero-order chi connectivity index (χ0) is 13.1. The van der Waals surface area contributed by atoms with Gasteiger partial charge in [-0.3, -0.25) is 14.7 Å². The molecule has 1 heterocycles. The number of methoxy groups -OCH3 is 1. The molecule has 1 amide bonds. The number of carbonyl (C=O) groups excluding carboxylic acids is 2. The summed E-state index contributed by atoms with van der Waals surface area (Å²) in [6, 6.07) is 7.32. The topological polar surface area (TPSA) is 75.3 Å². The van der Waals surface area contributed by atoms with Crippen molar-refractivity contribution in [3.63, 3.8) is 0 Å². The minimum atomic E-state index is -0.467. The third kappa shape index (κ3) is 2.17. The molecule has 2 rings (SSSR count). The van der Waals surface area contributed by atoms with Gasteiger partial charge in [-0.05, 0) is 6.07 Å². The number of carbonyl (C=O) groups is 2. The molecule has 0 saturated carbocycles. The van der Waals surface area contributed by atoms with Crippen molar-refractivity contribution in [3.8, 4) is 0 Å². The summed E-state index contributed by atoms with van der Waals surface area (Å²) < 4.78 is 4.51. The number of esters is 1. The number of rotatable bonds is 3. The number of hydrogen-bond acceptors (Lipinski definition) is 4. The lowest BCUT2D eigenvalue weighted by Gasteiger charge is -2.13. The van der Waals surface area contributed by atoms with Gasteiger partial charge in [-0.15, -0.1) is 0 Å². The minimum absolute atomic E-state index is 0.101. The van der Waals surface area contributed by atoms with Crippen LogP contribution in [0.4, 0.5) is 0 Å². The Hall–Kier alpha value is -2.37. The van der Waals surface area contributed by atoms with Crippen molar-refractivity contribution in [2.24, 2.45) is 0 Å². The van der Waals surface area contributed by atoms with Crippen molar-refractivity contribution >= 4 is 22.8 Å². The second kappa shape index (κ2) is 4.87. The molecule has 1 aromatic heterocycles. The van der Waals surface area contributed by atoms with Crippen molar-refractivity contribution in [1.82, 2.24) is 15.1 Å². The van der Waals surface area contributed by atoms with Crippen LogP contribution < -0.4 is 0 Å². The average molecular weight is 247 g/mol. The number of amides is 1. The summed E-state index contributed by atoms with van der Waals surface area (Å²) >= 11 is 0. The second-order valence-electron chi connectivity index (χ2n) is 3.86. The first-order chi connectivity index (χ1) is 8.63. The van der Waals surface area contributed by atoms with Gasteiger partial charge in [0.25, 0.3) is 5.91 Å². The molecule has 18 heavy (non-hydrogen) atoms. The predicted octanol–water partition coefficient (Wildman–Crippen LogP) is 0.808. The second-order valence-corrected chi connectivity index (χ2v) is 3.86. The smallest absolute Gasteiger partial charge is 0.325 e. The van der Waals surface area contributed by atoms with E-state index in [1.807, 2.05) is 18.2 Å². The number of aromatic nitrogens is 2. The summed E-state index contributed by atoms with van der Waals surface area (Å²) in [6.07, 6.45) is 0. The van der Waals surface area contributed by atoms with E-state index in [9.17, 15) is 9.59 Å². The summed E-state index contributed by atoms with van der Waals surface area (Å²) in [5.74, 6) is -0.788. The van der Waals surface area contributed by atoms with Gasteiger partial charge in [0.15, 0.2) is 5.69 Å². The fourth-order valence-electron chi connectivity index (χ4n) is 1.64. The number of aromatic amines is 1. The van der Waals surface area contributed by atoms with Crippen LogP contribution in [-0.2, 0) is 9.53 Å². The molecule has 0 unspecified atom stereocenters. The zero-order valence-electron chi connectivity index (χ0n) is 10.1. The van der Waals surface area contributed by atoms with Crippen molar-refractivity contribution in [2.45, 2.75) is 0 Å². The first-order valence-electron chi connectivity index (χ1n) is 5.39. The highest BCUT2D eigenvalue weighted by Crippen LogP contribution is 2.16. The van der Waals surface area contributed by atoms with Crippen molar-refractivity contribution in [2.75, 3.05) is 20.7 Å². The average Bonchev–Trinajstić information content (AvgIpc) is 2.81. The van der Waals surface area contributed by atoms with E-state index >= 15 is 0 Å². The number of ether oxygens (including phenoxy) is 1. The Kier molecular flexibility index (Phi) is 3.27. The number of benzene rings is 1. The molecule has 0 saturated heterocycles. The van der Waals surface area contributed by atoms with E-state index in [4.69, 9.17) is 0 Å². The maximum Gasteiger partial charge on any atom is 0.325 e. The molecule has 6 nitrogen and oxygen atoms in total. The normalized spacial score (nSPS) is 10.3. The molecule has 94 valence electrons. The van der Waals surface area contributed by atoms with Gasteiger partial charge < -0.3 is 9.64 Å². The Morgan fingerprint density at radius 3 is 2.83 bits per heavy atom. The highest BCUT2D eigenvalue weighted by atomic mass is 16.5. The van der Waals surface area contributed by atoms with Crippen LogP contribution in [0, 0.1) is 0 Å². The predicted molar refractivity (Wildman–Crippen MR) is 65.1 cm³/mol. The van der Waals surface area contributed by atoms with Crippen molar-refractivity contribution < 1.29 is 14.3 Å². The first-order valence-corrected chi connectivity index (χ1v) is 5.39. The Morgan fingerprint density at radius 1 is 1.39 bits per heavy atom. The molecule has 0 spiro atoms. The Labute approximate surface area is 104 Å². The Morgan fingerprint density at radius 2 is 2.11 bits per heavy atom. The van der Waals surface area contributed by atoms with E-state index in [2.05, 4.69) is 14.9 Å². The number of nitrogens with one attached hydrogen (secondary N) is 1. The van der Waals surface area contributed by atoms with Crippen molar-refractivity contribution in [1.29, 1.82) is 0 Å². The van der Waals surface area contributed by atoms with Gasteiger partial charge in [-0.25, -0.2) is 0 Å². The molecule has 6 heteroatoms. The standard InChI is InChI=1S/C12H13N3O3/c1-15(7-10(16)18-2)12(17)11-8-5-3-4-6-9(8)13-14-11/h3-6H,7H2,1-2H3,(H,13,14). The van der Waals surface area contributed by atoms with Crippen LogP contribution in [0.2, 0.25) is 0 Å². The van der Waals surface area contributed by atoms with E-state index in [1.165, 1.54) is 19.1 Å². The third-order valence-electron chi connectivity index (χ3n) is 2.61. The van der Waals surface area contributed by atoms with Crippen LogP contribution in [0.25, 0.3) is 10.9 Å². The third-order valence-corrected chi connectivity index (χ3v) is 2.61. The lowest BCUT2D eigenvalue weighted by atomic mass is 10.2. The van der Waals surface area contributed by atoms with Gasteiger partial charge in [0.05, 0.1) is 12.6 Å². The minimum Gasteiger partial charge on any atom is -0.468 e. The van der Waals surface area contributed by atoms with Gasteiger partial charge >= 0.3 is 5.97 Å². The van der Waals surface area contributed by atoms with Crippen LogP contribution in [0.5, 0.6) is 0 Å². The lowest BCUT2D eigenvalue weighted by Crippen LogP contribution is -2.33. The molecule has 0 bridgehead atoms. The summed E-state index contributed by atoms with van der Waals surface area (Å²) in [5, 5.41) is 7.49. The monoisotopic (exact) mass is 247 g/mol. The van der Waals surface area contributed by atoms with Crippen LogP contribution in [0.3, 0.4) is 0 Å². The van der Waals surface area contributed by atoms with E-state index < -0.39 is 5.97 Å². The summed E-state index contributed by atoms with van der Waals surface area (Å²) in [6.45, 7) is -0.101. The van der Waals surface area contributed by atoms with Gasteiger partial charge in [0.1, 0.15) is 6.54 Å². The molecule has 2 aromatic rings. The van der Waals surface area contributed by atoms with Gasteiger partial charge in [0.2, 0.25) is 0 Å². The number of hydrogen-bond donors (Lipinski definition) is 1. The number of H-pyrrole nitrogens is 1. The van der Waals surface area contributed by atoms with E-state index in [1.54, 1.807) is 6.07 Å². The number of fused-ring (bicyclic) bond motifs is 1. The van der Waals surface area contributed by atoms with Crippen LogP contribution in [0.1, 0.15) is 10.5 Å². The molecule has 0 aliphatic heterocycles. The molecule has 1 N–H and O–H groups in total. The molecule has 0 aliphatic carbocycles. The Balaban J connectivity index is 2.25. The number of para-hydroxylation sites is 1. The maximum atomic E-state index is 12.1. The molecule has 0 fully saturated rings. The van der Waals surface area contributed by atoms with Crippen LogP contribution in [0.15, 0.2) is 24.3 Å². The molecular formula is C12H13N3O3. The molecule has 0 radical (unpaired) electrons. The highest BCUT2D eigenvalue weighted by Gasteiger charge is 2.19. The lowest BCUT2D eigenvalue weighted by molar-refractivity contribution is -0.141. The largest absolute Gasteiger partial charge is 0.468 e. The molecule has 0 atom stereocenters. The summed E-state index contributed by atoms with van der Waals surface area (Å²) in [7, 11) is 2.81. The molecule has 0 aliphatic rings. The quantitative estimate of drug-likeness (QED) is 0.814. The summed E-state index contributed by atoms with van der Waals surface area (Å²) in [4.78, 5) is 24.5. The van der Waals surface area contributed by atoms with E-state index in [0.717, 1.165) is 10.9 Å².